The van der Waals surface area contributed by atoms with Crippen LogP contribution in [0.25, 0.3) is 0 Å². The van der Waals surface area contributed by atoms with Crippen LogP contribution in [0.1, 0.15) is 0 Å². The monoisotopic (exact) mass is 208 g/mol. The van der Waals surface area contributed by atoms with Crippen LogP contribution in [0.5, 0.6) is 0 Å². The van der Waals surface area contributed by atoms with E-state index in [9.17, 15) is 4.79 Å². The minimum absolute atomic E-state index is 0.370. The molecule has 0 fully saturated rings. The molecular weight excluding hydrogens is 192 g/mol. The van der Waals surface area contributed by atoms with E-state index >= 15 is 0 Å². The van der Waals surface area contributed by atoms with Crippen molar-refractivity contribution in [2.24, 2.45) is 0 Å². The zero-order valence-corrected chi connectivity index (χ0v) is 9.52. The van der Waals surface area contributed by atoms with Gasteiger partial charge in [-0.15, -0.1) is 0 Å². The number of hydrogen-bond donors (Lipinski definition) is 0. The van der Waals surface area contributed by atoms with Crippen molar-refractivity contribution in [2.75, 3.05) is 38.1 Å². The topological polar surface area (TPSA) is 32.8 Å². The second kappa shape index (κ2) is 4.68. The van der Waals surface area contributed by atoms with E-state index in [2.05, 4.69) is 4.74 Å². The zero-order chi connectivity index (χ0) is 11.4. The highest BCUT2D eigenvalue weighted by molar-refractivity contribution is 5.87. The Morgan fingerprint density at radius 3 is 2.33 bits per heavy atom. The summed E-state index contributed by atoms with van der Waals surface area (Å²) in [6.45, 7) is 0. The summed E-state index contributed by atoms with van der Waals surface area (Å²) in [6, 6.07) is 7.68. The normalized spacial score (nSPS) is 9.60. The summed E-state index contributed by atoms with van der Waals surface area (Å²) in [7, 11) is 6.96. The van der Waals surface area contributed by atoms with Crippen molar-refractivity contribution in [1.82, 2.24) is 0 Å². The van der Waals surface area contributed by atoms with Crippen molar-refractivity contribution in [2.45, 2.75) is 0 Å². The van der Waals surface area contributed by atoms with Crippen molar-refractivity contribution < 1.29 is 9.53 Å². The molecule has 0 saturated carbocycles. The minimum Gasteiger partial charge on any atom is -0.452 e. The molecule has 82 valence electrons. The third-order valence-corrected chi connectivity index (χ3v) is 2.18. The highest BCUT2D eigenvalue weighted by Gasteiger charge is 2.10. The Labute approximate surface area is 90.1 Å². The molecule has 0 radical (unpaired) electrons. The summed E-state index contributed by atoms with van der Waals surface area (Å²) in [6.07, 6.45) is -0.370. The lowest BCUT2D eigenvalue weighted by atomic mass is 10.2. The summed E-state index contributed by atoms with van der Waals surface area (Å²) >= 11 is 0. The lowest BCUT2D eigenvalue weighted by Gasteiger charge is -2.18. The summed E-state index contributed by atoms with van der Waals surface area (Å²) in [4.78, 5) is 14.7. The fraction of sp³-hybridized carbons (Fsp3) is 0.364. The maximum absolute atomic E-state index is 11.3. The van der Waals surface area contributed by atoms with Crippen LogP contribution in [-0.2, 0) is 4.74 Å². The van der Waals surface area contributed by atoms with Gasteiger partial charge in [-0.05, 0) is 18.2 Å². The first-order chi connectivity index (χ1) is 7.06. The van der Waals surface area contributed by atoms with Crippen LogP contribution in [-0.4, -0.2) is 34.3 Å². The standard InChI is InChI=1S/C11H16N2O2/c1-12(2)9-6-5-7-10(8-9)13(3)11(14)15-4/h5-8H,1-4H3. The molecule has 0 aliphatic rings. The van der Waals surface area contributed by atoms with E-state index in [1.807, 2.05) is 43.3 Å². The molecule has 0 atom stereocenters. The first-order valence-corrected chi connectivity index (χ1v) is 4.65. The number of anilines is 2. The molecule has 0 unspecified atom stereocenters. The van der Waals surface area contributed by atoms with Gasteiger partial charge in [0.25, 0.3) is 0 Å². The number of benzene rings is 1. The maximum atomic E-state index is 11.3. The molecular formula is C11H16N2O2. The Bertz CT molecular complexity index is 350. The third-order valence-electron chi connectivity index (χ3n) is 2.18. The van der Waals surface area contributed by atoms with E-state index in [0.717, 1.165) is 11.4 Å². The van der Waals surface area contributed by atoms with Gasteiger partial charge in [-0.25, -0.2) is 4.79 Å². The van der Waals surface area contributed by atoms with Crippen LogP contribution in [0.4, 0.5) is 16.2 Å². The number of hydrogen-bond acceptors (Lipinski definition) is 3. The lowest BCUT2D eigenvalue weighted by molar-refractivity contribution is 0.180. The van der Waals surface area contributed by atoms with Crippen LogP contribution in [0, 0.1) is 0 Å². The van der Waals surface area contributed by atoms with E-state index in [0.29, 0.717) is 0 Å². The number of methoxy groups -OCH3 is 1. The van der Waals surface area contributed by atoms with Gasteiger partial charge in [-0.1, -0.05) is 6.07 Å². The van der Waals surface area contributed by atoms with Crippen molar-refractivity contribution in [1.29, 1.82) is 0 Å². The van der Waals surface area contributed by atoms with Crippen molar-refractivity contribution in [3.05, 3.63) is 24.3 Å². The number of carbonyl (C=O) groups excluding carboxylic acids is 1. The SMILES string of the molecule is COC(=O)N(C)c1cccc(N(C)C)c1. The molecule has 0 aromatic heterocycles. The molecule has 15 heavy (non-hydrogen) atoms. The van der Waals surface area contributed by atoms with Gasteiger partial charge in [-0.2, -0.15) is 0 Å². The van der Waals surface area contributed by atoms with Gasteiger partial charge in [0.2, 0.25) is 0 Å². The molecule has 0 bridgehead atoms. The Balaban J connectivity index is 2.95. The van der Waals surface area contributed by atoms with E-state index in [4.69, 9.17) is 0 Å². The average molecular weight is 208 g/mol. The molecule has 0 heterocycles. The Kier molecular flexibility index (Phi) is 3.55. The smallest absolute Gasteiger partial charge is 0.413 e. The predicted molar refractivity (Wildman–Crippen MR) is 61.6 cm³/mol. The second-order valence-electron chi connectivity index (χ2n) is 3.44. The Hall–Kier alpha value is -1.71. The summed E-state index contributed by atoms with van der Waals surface area (Å²) in [5, 5.41) is 0. The second-order valence-corrected chi connectivity index (χ2v) is 3.44. The number of ether oxygens (including phenoxy) is 1. The van der Waals surface area contributed by atoms with Crippen LogP contribution in [0.3, 0.4) is 0 Å². The number of rotatable bonds is 2. The van der Waals surface area contributed by atoms with Crippen LogP contribution >= 0.6 is 0 Å². The van der Waals surface area contributed by atoms with Gasteiger partial charge >= 0.3 is 6.09 Å². The predicted octanol–water partition coefficient (Wildman–Crippen LogP) is 1.96. The van der Waals surface area contributed by atoms with Gasteiger partial charge in [0.15, 0.2) is 0 Å². The molecule has 1 amide bonds. The average Bonchev–Trinajstić information content (AvgIpc) is 2.27. The molecule has 1 aromatic rings. The number of carbonyl (C=O) groups is 1. The first-order valence-electron chi connectivity index (χ1n) is 4.65. The fourth-order valence-electron chi connectivity index (χ4n) is 1.22. The molecule has 4 heteroatoms. The number of nitrogens with zero attached hydrogens (tertiary/aromatic N) is 2. The van der Waals surface area contributed by atoms with Crippen LogP contribution in [0.2, 0.25) is 0 Å². The van der Waals surface area contributed by atoms with E-state index in [1.165, 1.54) is 12.0 Å². The van der Waals surface area contributed by atoms with E-state index in [1.54, 1.807) is 7.05 Å². The quantitative estimate of drug-likeness (QED) is 0.744. The maximum Gasteiger partial charge on any atom is 0.413 e. The molecule has 0 aliphatic heterocycles. The Morgan fingerprint density at radius 2 is 1.80 bits per heavy atom. The van der Waals surface area contributed by atoms with Crippen LogP contribution in [0.15, 0.2) is 24.3 Å². The molecule has 0 N–H and O–H groups in total. The van der Waals surface area contributed by atoms with Gasteiger partial charge in [0.1, 0.15) is 0 Å². The molecule has 0 spiro atoms. The summed E-state index contributed by atoms with van der Waals surface area (Å²) < 4.78 is 4.64. The van der Waals surface area contributed by atoms with E-state index in [-0.39, 0.29) is 6.09 Å². The largest absolute Gasteiger partial charge is 0.452 e. The Morgan fingerprint density at radius 1 is 1.20 bits per heavy atom. The van der Waals surface area contributed by atoms with Crippen molar-refractivity contribution in [3.63, 3.8) is 0 Å². The molecule has 0 saturated heterocycles. The summed E-state index contributed by atoms with van der Waals surface area (Å²) in [5.74, 6) is 0. The first kappa shape index (κ1) is 11.4. The van der Waals surface area contributed by atoms with Gasteiger partial charge < -0.3 is 9.64 Å². The minimum atomic E-state index is -0.370. The molecule has 1 rings (SSSR count). The molecule has 0 aliphatic carbocycles. The van der Waals surface area contributed by atoms with Gasteiger partial charge in [-0.3, -0.25) is 4.90 Å². The number of amides is 1. The van der Waals surface area contributed by atoms with Crippen molar-refractivity contribution >= 4 is 17.5 Å². The van der Waals surface area contributed by atoms with Crippen LogP contribution < -0.4 is 9.80 Å². The zero-order valence-electron chi connectivity index (χ0n) is 9.52. The fourth-order valence-corrected chi connectivity index (χ4v) is 1.22. The highest BCUT2D eigenvalue weighted by atomic mass is 16.5. The van der Waals surface area contributed by atoms with Crippen molar-refractivity contribution in [3.8, 4) is 0 Å². The molecule has 1 aromatic carbocycles. The highest BCUT2D eigenvalue weighted by Crippen LogP contribution is 2.20. The van der Waals surface area contributed by atoms with Gasteiger partial charge in [0.05, 0.1) is 7.11 Å². The van der Waals surface area contributed by atoms with E-state index < -0.39 is 0 Å². The lowest BCUT2D eigenvalue weighted by Crippen LogP contribution is -2.26. The molecule has 4 nitrogen and oxygen atoms in total. The summed E-state index contributed by atoms with van der Waals surface area (Å²) in [5.41, 5.74) is 1.86. The third kappa shape index (κ3) is 2.62. The van der Waals surface area contributed by atoms with Gasteiger partial charge in [0, 0.05) is 32.5 Å².